The van der Waals surface area contributed by atoms with Gasteiger partial charge in [0.2, 0.25) is 0 Å². The predicted octanol–water partition coefficient (Wildman–Crippen LogP) is 5.48. The van der Waals surface area contributed by atoms with Gasteiger partial charge in [-0.05, 0) is 61.0 Å². The molecule has 0 heterocycles. The molecular formula is C15H14Br2ClN. The van der Waals surface area contributed by atoms with Gasteiger partial charge in [-0.1, -0.05) is 49.5 Å². The fraction of sp³-hybridized carbons (Fsp3) is 0.200. The fourth-order valence-corrected chi connectivity index (χ4v) is 3.17. The summed E-state index contributed by atoms with van der Waals surface area (Å²) in [6.45, 7) is 2.10. The molecule has 2 rings (SSSR count). The second-order valence-corrected chi connectivity index (χ2v) is 6.59. The molecule has 100 valence electrons. The van der Waals surface area contributed by atoms with E-state index in [1.807, 2.05) is 37.4 Å². The number of hydrogen-bond donors (Lipinski definition) is 1. The second kappa shape index (κ2) is 6.40. The number of rotatable bonds is 3. The van der Waals surface area contributed by atoms with Crippen LogP contribution in [0, 0.1) is 6.92 Å². The molecule has 0 amide bonds. The highest BCUT2D eigenvalue weighted by molar-refractivity contribution is 9.11. The zero-order valence-electron chi connectivity index (χ0n) is 10.7. The molecule has 1 N–H and O–H groups in total. The first-order valence-corrected chi connectivity index (χ1v) is 7.87. The van der Waals surface area contributed by atoms with Crippen LogP contribution in [0.2, 0.25) is 5.02 Å². The minimum atomic E-state index is 0.102. The SMILES string of the molecule is CNC(c1cc(Cl)ccc1C)c1cc(Br)ccc1Br. The zero-order valence-corrected chi connectivity index (χ0v) is 14.6. The molecule has 0 spiro atoms. The molecule has 0 radical (unpaired) electrons. The lowest BCUT2D eigenvalue weighted by atomic mass is 9.95. The number of halogens is 3. The van der Waals surface area contributed by atoms with Crippen molar-refractivity contribution in [1.82, 2.24) is 5.32 Å². The average molecular weight is 404 g/mol. The van der Waals surface area contributed by atoms with Gasteiger partial charge in [-0.15, -0.1) is 0 Å². The second-order valence-electron chi connectivity index (χ2n) is 4.39. The van der Waals surface area contributed by atoms with Crippen molar-refractivity contribution >= 4 is 43.5 Å². The van der Waals surface area contributed by atoms with Gasteiger partial charge in [0.05, 0.1) is 6.04 Å². The lowest BCUT2D eigenvalue weighted by Gasteiger charge is -2.21. The minimum Gasteiger partial charge on any atom is -0.309 e. The highest BCUT2D eigenvalue weighted by atomic mass is 79.9. The van der Waals surface area contributed by atoms with E-state index in [4.69, 9.17) is 11.6 Å². The minimum absolute atomic E-state index is 0.102. The summed E-state index contributed by atoms with van der Waals surface area (Å²) in [6, 6.07) is 12.3. The summed E-state index contributed by atoms with van der Waals surface area (Å²) in [6.07, 6.45) is 0. The Bertz CT molecular complexity index is 547. The summed E-state index contributed by atoms with van der Waals surface area (Å²) in [5.41, 5.74) is 3.59. The van der Waals surface area contributed by atoms with Gasteiger partial charge in [0, 0.05) is 14.0 Å². The van der Waals surface area contributed by atoms with Crippen molar-refractivity contribution < 1.29 is 0 Å². The Hall–Kier alpha value is -0.350. The number of hydrogen-bond acceptors (Lipinski definition) is 1. The van der Waals surface area contributed by atoms with E-state index in [-0.39, 0.29) is 6.04 Å². The van der Waals surface area contributed by atoms with Crippen LogP contribution in [-0.4, -0.2) is 7.05 Å². The molecule has 0 aliphatic carbocycles. The summed E-state index contributed by atoms with van der Waals surface area (Å²) in [5.74, 6) is 0. The van der Waals surface area contributed by atoms with E-state index >= 15 is 0 Å². The van der Waals surface area contributed by atoms with Crippen LogP contribution in [-0.2, 0) is 0 Å². The fourth-order valence-electron chi connectivity index (χ4n) is 2.14. The summed E-state index contributed by atoms with van der Waals surface area (Å²) in [7, 11) is 1.96. The maximum atomic E-state index is 6.13. The first-order valence-electron chi connectivity index (χ1n) is 5.91. The van der Waals surface area contributed by atoms with Crippen LogP contribution >= 0.6 is 43.5 Å². The van der Waals surface area contributed by atoms with Crippen LogP contribution < -0.4 is 5.32 Å². The van der Waals surface area contributed by atoms with Gasteiger partial charge in [-0.2, -0.15) is 0 Å². The molecule has 19 heavy (non-hydrogen) atoms. The normalized spacial score (nSPS) is 12.5. The molecule has 0 saturated carbocycles. The summed E-state index contributed by atoms with van der Waals surface area (Å²) in [4.78, 5) is 0. The summed E-state index contributed by atoms with van der Waals surface area (Å²) < 4.78 is 2.14. The van der Waals surface area contributed by atoms with E-state index in [1.165, 1.54) is 16.7 Å². The van der Waals surface area contributed by atoms with E-state index in [9.17, 15) is 0 Å². The van der Waals surface area contributed by atoms with Crippen molar-refractivity contribution in [2.45, 2.75) is 13.0 Å². The topological polar surface area (TPSA) is 12.0 Å². The molecule has 0 aromatic heterocycles. The zero-order chi connectivity index (χ0) is 14.0. The molecule has 0 bridgehead atoms. The van der Waals surface area contributed by atoms with E-state index in [1.54, 1.807) is 0 Å². The summed E-state index contributed by atoms with van der Waals surface area (Å²) in [5, 5.41) is 4.12. The molecule has 4 heteroatoms. The van der Waals surface area contributed by atoms with Crippen molar-refractivity contribution in [1.29, 1.82) is 0 Å². The molecular weight excluding hydrogens is 389 g/mol. The van der Waals surface area contributed by atoms with E-state index in [2.05, 4.69) is 50.2 Å². The maximum absolute atomic E-state index is 6.13. The largest absolute Gasteiger partial charge is 0.309 e. The van der Waals surface area contributed by atoms with Crippen LogP contribution in [0.4, 0.5) is 0 Å². The van der Waals surface area contributed by atoms with Crippen molar-refractivity contribution in [3.05, 3.63) is 67.1 Å². The quantitative estimate of drug-likeness (QED) is 0.715. The highest BCUT2D eigenvalue weighted by Gasteiger charge is 2.17. The smallest absolute Gasteiger partial charge is 0.0588 e. The average Bonchev–Trinajstić information content (AvgIpc) is 2.38. The van der Waals surface area contributed by atoms with Crippen LogP contribution in [0.15, 0.2) is 45.3 Å². The molecule has 1 unspecified atom stereocenters. The Balaban J connectivity index is 2.55. The number of aryl methyl sites for hydroxylation is 1. The van der Waals surface area contributed by atoms with Gasteiger partial charge in [-0.3, -0.25) is 0 Å². The van der Waals surface area contributed by atoms with Crippen molar-refractivity contribution in [3.8, 4) is 0 Å². The van der Waals surface area contributed by atoms with Gasteiger partial charge in [0.25, 0.3) is 0 Å². The molecule has 0 fully saturated rings. The lowest BCUT2D eigenvalue weighted by Crippen LogP contribution is -2.19. The van der Waals surface area contributed by atoms with Crippen LogP contribution in [0.1, 0.15) is 22.7 Å². The Labute approximate surface area is 135 Å². The van der Waals surface area contributed by atoms with E-state index in [0.29, 0.717) is 0 Å². The maximum Gasteiger partial charge on any atom is 0.0588 e. The Kier molecular flexibility index (Phi) is 5.07. The Morgan fingerprint density at radius 1 is 1.05 bits per heavy atom. The van der Waals surface area contributed by atoms with Crippen molar-refractivity contribution in [3.63, 3.8) is 0 Å². The molecule has 2 aromatic carbocycles. The van der Waals surface area contributed by atoms with Crippen molar-refractivity contribution in [2.75, 3.05) is 7.05 Å². The van der Waals surface area contributed by atoms with Gasteiger partial charge < -0.3 is 5.32 Å². The monoisotopic (exact) mass is 401 g/mol. The van der Waals surface area contributed by atoms with Gasteiger partial charge in [-0.25, -0.2) is 0 Å². The standard InChI is InChI=1S/C15H14Br2ClN/c1-9-3-5-11(18)8-12(9)15(19-2)13-7-10(16)4-6-14(13)17/h3-8,15,19H,1-2H3. The Morgan fingerprint density at radius 2 is 1.79 bits per heavy atom. The van der Waals surface area contributed by atoms with Gasteiger partial charge in [0.15, 0.2) is 0 Å². The molecule has 0 aliphatic heterocycles. The molecule has 0 saturated heterocycles. The van der Waals surface area contributed by atoms with Crippen molar-refractivity contribution in [2.24, 2.45) is 0 Å². The third kappa shape index (κ3) is 3.40. The molecule has 1 atom stereocenters. The first-order chi connectivity index (χ1) is 9.02. The first kappa shape index (κ1) is 15.0. The van der Waals surface area contributed by atoms with Crippen LogP contribution in [0.5, 0.6) is 0 Å². The van der Waals surface area contributed by atoms with Crippen LogP contribution in [0.3, 0.4) is 0 Å². The number of benzene rings is 2. The van der Waals surface area contributed by atoms with E-state index < -0.39 is 0 Å². The van der Waals surface area contributed by atoms with Crippen LogP contribution in [0.25, 0.3) is 0 Å². The molecule has 0 aliphatic rings. The summed E-state index contributed by atoms with van der Waals surface area (Å²) >= 11 is 13.3. The highest BCUT2D eigenvalue weighted by Crippen LogP contribution is 2.33. The molecule has 2 aromatic rings. The van der Waals surface area contributed by atoms with E-state index in [0.717, 1.165) is 14.0 Å². The van der Waals surface area contributed by atoms with Gasteiger partial charge in [0.1, 0.15) is 0 Å². The predicted molar refractivity (Wildman–Crippen MR) is 88.9 cm³/mol. The van der Waals surface area contributed by atoms with Gasteiger partial charge >= 0.3 is 0 Å². The third-order valence-electron chi connectivity index (χ3n) is 3.11. The lowest BCUT2D eigenvalue weighted by molar-refractivity contribution is 0.684. The number of nitrogens with one attached hydrogen (secondary N) is 1. The Morgan fingerprint density at radius 3 is 2.47 bits per heavy atom. The molecule has 1 nitrogen and oxygen atoms in total. The third-order valence-corrected chi connectivity index (χ3v) is 4.56.